The van der Waals surface area contributed by atoms with E-state index in [-0.39, 0.29) is 12.1 Å². The van der Waals surface area contributed by atoms with Gasteiger partial charge < -0.3 is 19.7 Å². The normalized spacial score (nSPS) is 18.7. The second-order valence-corrected chi connectivity index (χ2v) is 10.9. The maximum atomic E-state index is 12.4. The zero-order chi connectivity index (χ0) is 25.7. The fourth-order valence-electron chi connectivity index (χ4n) is 5.00. The minimum absolute atomic E-state index is 0.00469. The summed E-state index contributed by atoms with van der Waals surface area (Å²) in [6, 6.07) is 7.48. The number of carbonyl (C=O) groups is 2. The Hall–Kier alpha value is -3.16. The SMILES string of the molecule is COC(=O)c1cc(N[C@@H]2CCN(C(=O)OC(C)(C)C)C2)nc(-c2ccnc(CC3CCCCC3)c2)c1. The summed E-state index contributed by atoms with van der Waals surface area (Å²) in [6.07, 6.45) is 9.70. The third kappa shape index (κ3) is 6.95. The highest BCUT2D eigenvalue weighted by Crippen LogP contribution is 2.28. The molecule has 0 spiro atoms. The minimum atomic E-state index is -0.533. The average Bonchev–Trinajstić information content (AvgIpc) is 3.32. The summed E-state index contributed by atoms with van der Waals surface area (Å²) < 4.78 is 10.5. The smallest absolute Gasteiger partial charge is 0.410 e. The molecule has 0 aromatic carbocycles. The van der Waals surface area contributed by atoms with Crippen LogP contribution in [-0.2, 0) is 15.9 Å². The van der Waals surface area contributed by atoms with Crippen molar-refractivity contribution in [2.24, 2.45) is 5.92 Å². The highest BCUT2D eigenvalue weighted by molar-refractivity contribution is 5.91. The first kappa shape index (κ1) is 25.9. The van der Waals surface area contributed by atoms with Crippen molar-refractivity contribution in [2.45, 2.75) is 77.4 Å². The van der Waals surface area contributed by atoms with E-state index in [1.165, 1.54) is 39.2 Å². The standard InChI is InChI=1S/C28H38N4O4/c1-28(2,3)36-27(34)32-13-11-22(18-32)30-25-17-21(26(33)35-4)16-24(31-25)20-10-12-29-23(15-20)14-19-8-6-5-7-9-19/h10,12,15-17,19,22H,5-9,11,13-14,18H2,1-4H3,(H,30,31)/t22-/m1/s1. The lowest BCUT2D eigenvalue weighted by atomic mass is 9.86. The zero-order valence-corrected chi connectivity index (χ0v) is 21.9. The molecule has 1 N–H and O–H groups in total. The maximum absolute atomic E-state index is 12.4. The Bertz CT molecular complexity index is 1080. The van der Waals surface area contributed by atoms with Gasteiger partial charge in [0.1, 0.15) is 11.4 Å². The average molecular weight is 495 g/mol. The summed E-state index contributed by atoms with van der Waals surface area (Å²) in [5, 5.41) is 3.41. The van der Waals surface area contributed by atoms with Crippen molar-refractivity contribution in [2.75, 3.05) is 25.5 Å². The topological polar surface area (TPSA) is 93.7 Å². The summed E-state index contributed by atoms with van der Waals surface area (Å²) >= 11 is 0. The van der Waals surface area contributed by atoms with Gasteiger partial charge in [0.2, 0.25) is 0 Å². The summed E-state index contributed by atoms with van der Waals surface area (Å²) in [6.45, 7) is 6.70. The van der Waals surface area contributed by atoms with Crippen molar-refractivity contribution in [3.63, 3.8) is 0 Å². The predicted molar refractivity (Wildman–Crippen MR) is 139 cm³/mol. The molecule has 1 saturated heterocycles. The fraction of sp³-hybridized carbons (Fsp3) is 0.571. The van der Waals surface area contributed by atoms with E-state index in [0.717, 1.165) is 24.1 Å². The Morgan fingerprint density at radius 2 is 1.89 bits per heavy atom. The Morgan fingerprint density at radius 1 is 1.11 bits per heavy atom. The number of anilines is 1. The Balaban J connectivity index is 1.51. The molecule has 1 saturated carbocycles. The lowest BCUT2D eigenvalue weighted by molar-refractivity contribution is 0.0293. The molecule has 0 unspecified atom stereocenters. The van der Waals surface area contributed by atoms with Crippen molar-refractivity contribution in [3.05, 3.63) is 41.7 Å². The number of amides is 1. The van der Waals surface area contributed by atoms with E-state index in [0.29, 0.717) is 36.1 Å². The van der Waals surface area contributed by atoms with Crippen molar-refractivity contribution >= 4 is 17.9 Å². The third-order valence-corrected chi connectivity index (χ3v) is 6.77. The predicted octanol–water partition coefficient (Wildman–Crippen LogP) is 5.47. The van der Waals surface area contributed by atoms with Crippen LogP contribution in [0.5, 0.6) is 0 Å². The molecular weight excluding hydrogens is 456 g/mol. The molecule has 1 aliphatic heterocycles. The number of esters is 1. The van der Waals surface area contributed by atoms with Gasteiger partial charge >= 0.3 is 12.1 Å². The number of likely N-dealkylation sites (tertiary alicyclic amines) is 1. The van der Waals surface area contributed by atoms with Crippen molar-refractivity contribution in [1.82, 2.24) is 14.9 Å². The number of aromatic nitrogens is 2. The molecule has 0 bridgehead atoms. The molecule has 4 rings (SSSR count). The van der Waals surface area contributed by atoms with Crippen LogP contribution < -0.4 is 5.32 Å². The van der Waals surface area contributed by atoms with Crippen LogP contribution in [0.15, 0.2) is 30.5 Å². The summed E-state index contributed by atoms with van der Waals surface area (Å²) in [7, 11) is 1.37. The van der Waals surface area contributed by atoms with Crippen LogP contribution in [-0.4, -0.2) is 58.8 Å². The zero-order valence-electron chi connectivity index (χ0n) is 21.9. The molecule has 0 radical (unpaired) electrons. The highest BCUT2D eigenvalue weighted by atomic mass is 16.6. The number of ether oxygens (including phenoxy) is 2. The molecule has 2 fully saturated rings. The molecule has 194 valence electrons. The number of nitrogens with one attached hydrogen (secondary N) is 1. The molecule has 1 amide bonds. The molecule has 8 heteroatoms. The number of hydrogen-bond donors (Lipinski definition) is 1. The number of hydrogen-bond acceptors (Lipinski definition) is 7. The van der Waals surface area contributed by atoms with Gasteiger partial charge in [0, 0.05) is 36.6 Å². The van der Waals surface area contributed by atoms with E-state index in [1.54, 1.807) is 17.0 Å². The van der Waals surface area contributed by atoms with Gasteiger partial charge in [0.15, 0.2) is 0 Å². The van der Waals surface area contributed by atoms with Crippen LogP contribution in [0.1, 0.15) is 75.3 Å². The second kappa shape index (κ2) is 11.3. The lowest BCUT2D eigenvalue weighted by Gasteiger charge is -2.24. The number of pyridine rings is 2. The van der Waals surface area contributed by atoms with Gasteiger partial charge in [-0.05, 0) is 63.8 Å². The largest absolute Gasteiger partial charge is 0.465 e. The van der Waals surface area contributed by atoms with Crippen LogP contribution in [0.2, 0.25) is 0 Å². The van der Waals surface area contributed by atoms with Gasteiger partial charge in [-0.2, -0.15) is 0 Å². The van der Waals surface area contributed by atoms with Crippen LogP contribution in [0.25, 0.3) is 11.3 Å². The molecule has 1 atom stereocenters. The molecule has 1 aliphatic carbocycles. The molecule has 8 nitrogen and oxygen atoms in total. The number of carbonyl (C=O) groups excluding carboxylic acids is 2. The minimum Gasteiger partial charge on any atom is -0.465 e. The van der Waals surface area contributed by atoms with E-state index in [4.69, 9.17) is 14.5 Å². The van der Waals surface area contributed by atoms with Crippen LogP contribution in [0, 0.1) is 5.92 Å². The molecular formula is C28H38N4O4. The lowest BCUT2D eigenvalue weighted by Crippen LogP contribution is -2.36. The van der Waals surface area contributed by atoms with Crippen LogP contribution in [0.3, 0.4) is 0 Å². The van der Waals surface area contributed by atoms with Crippen molar-refractivity contribution in [1.29, 1.82) is 0 Å². The van der Waals surface area contributed by atoms with Gasteiger partial charge in [-0.1, -0.05) is 32.1 Å². The van der Waals surface area contributed by atoms with E-state index in [2.05, 4.69) is 16.4 Å². The Labute approximate surface area is 213 Å². The second-order valence-electron chi connectivity index (χ2n) is 10.9. The Morgan fingerprint density at radius 3 is 2.61 bits per heavy atom. The maximum Gasteiger partial charge on any atom is 0.410 e. The fourth-order valence-corrected chi connectivity index (χ4v) is 5.00. The van der Waals surface area contributed by atoms with Crippen LogP contribution in [0.4, 0.5) is 10.6 Å². The van der Waals surface area contributed by atoms with Crippen LogP contribution >= 0.6 is 0 Å². The first-order chi connectivity index (χ1) is 17.2. The quantitative estimate of drug-likeness (QED) is 0.532. The molecule has 36 heavy (non-hydrogen) atoms. The Kier molecular flexibility index (Phi) is 8.11. The molecule has 2 aromatic rings. The van der Waals surface area contributed by atoms with Gasteiger partial charge in [-0.25, -0.2) is 14.6 Å². The van der Waals surface area contributed by atoms with Crippen molar-refractivity contribution < 1.29 is 19.1 Å². The van der Waals surface area contributed by atoms with Crippen molar-refractivity contribution in [3.8, 4) is 11.3 Å². The molecule has 3 heterocycles. The number of rotatable bonds is 6. The van der Waals surface area contributed by atoms with E-state index >= 15 is 0 Å². The van der Waals surface area contributed by atoms with E-state index < -0.39 is 11.6 Å². The van der Waals surface area contributed by atoms with E-state index in [1.807, 2.05) is 33.0 Å². The first-order valence-electron chi connectivity index (χ1n) is 13.0. The van der Waals surface area contributed by atoms with Gasteiger partial charge in [0.05, 0.1) is 18.4 Å². The number of methoxy groups -OCH3 is 1. The van der Waals surface area contributed by atoms with Gasteiger partial charge in [-0.3, -0.25) is 4.98 Å². The summed E-state index contributed by atoms with van der Waals surface area (Å²) in [5.74, 6) is 0.845. The monoisotopic (exact) mass is 494 g/mol. The van der Waals surface area contributed by atoms with Gasteiger partial charge in [0.25, 0.3) is 0 Å². The van der Waals surface area contributed by atoms with E-state index in [9.17, 15) is 9.59 Å². The highest BCUT2D eigenvalue weighted by Gasteiger charge is 2.30. The third-order valence-electron chi connectivity index (χ3n) is 6.77. The summed E-state index contributed by atoms with van der Waals surface area (Å²) in [5.41, 5.74) is 2.57. The first-order valence-corrected chi connectivity index (χ1v) is 13.0. The molecule has 2 aliphatic rings. The molecule has 2 aromatic heterocycles. The number of nitrogens with zero attached hydrogens (tertiary/aromatic N) is 3. The van der Waals surface area contributed by atoms with Gasteiger partial charge in [-0.15, -0.1) is 0 Å². The summed E-state index contributed by atoms with van der Waals surface area (Å²) in [4.78, 5) is 36.0.